The van der Waals surface area contributed by atoms with E-state index in [0.29, 0.717) is 23.0 Å². The highest BCUT2D eigenvalue weighted by molar-refractivity contribution is 7.92. The Balaban J connectivity index is 1.68. The molecule has 8 nitrogen and oxygen atoms in total. The Morgan fingerprint density at radius 3 is 2.53 bits per heavy atom. The summed E-state index contributed by atoms with van der Waals surface area (Å²) in [6.45, 7) is 1.53. The fourth-order valence-corrected chi connectivity index (χ4v) is 4.28. The SMILES string of the molecule is Cc1cc(-n2cc(C(F)(F)F)cn2)ncc1S(=O)(=O)Nc1cccc2cnn(C)c12. The molecule has 4 aromatic rings. The fraction of sp³-hybridized carbons (Fsp3) is 0.167. The lowest BCUT2D eigenvalue weighted by atomic mass is 10.2. The number of rotatable bonds is 4. The topological polar surface area (TPSA) is 94.7 Å². The number of hydrogen-bond acceptors (Lipinski definition) is 5. The maximum absolute atomic E-state index is 12.9. The average Bonchev–Trinajstić information content (AvgIpc) is 3.29. The largest absolute Gasteiger partial charge is 0.419 e. The van der Waals surface area contributed by atoms with Gasteiger partial charge in [0.1, 0.15) is 4.90 Å². The number of nitrogens with zero attached hydrogens (tertiary/aromatic N) is 5. The van der Waals surface area contributed by atoms with Crippen molar-refractivity contribution in [3.05, 3.63) is 60.2 Å². The number of benzene rings is 1. The van der Waals surface area contributed by atoms with Crippen LogP contribution in [0.15, 0.2) is 53.9 Å². The molecule has 0 fully saturated rings. The lowest BCUT2D eigenvalue weighted by Gasteiger charge is -2.12. The van der Waals surface area contributed by atoms with Gasteiger partial charge in [-0.05, 0) is 24.6 Å². The molecular weight excluding hydrogens is 421 g/mol. The van der Waals surface area contributed by atoms with Crippen LogP contribution in [0.2, 0.25) is 0 Å². The minimum absolute atomic E-state index is 0.0655. The molecule has 0 aliphatic rings. The zero-order valence-electron chi connectivity index (χ0n) is 15.7. The maximum Gasteiger partial charge on any atom is 0.419 e. The third-order valence-corrected chi connectivity index (χ3v) is 5.98. The van der Waals surface area contributed by atoms with Crippen LogP contribution >= 0.6 is 0 Å². The summed E-state index contributed by atoms with van der Waals surface area (Å²) in [4.78, 5) is 3.88. The number of hydrogen-bond donors (Lipinski definition) is 1. The van der Waals surface area contributed by atoms with Gasteiger partial charge in [0.05, 0.1) is 35.4 Å². The second kappa shape index (κ2) is 6.83. The summed E-state index contributed by atoms with van der Waals surface area (Å²) in [5.74, 6) is 0.0655. The molecule has 0 bridgehead atoms. The van der Waals surface area contributed by atoms with E-state index in [1.54, 1.807) is 36.1 Å². The van der Waals surface area contributed by atoms with E-state index in [0.717, 1.165) is 22.5 Å². The van der Waals surface area contributed by atoms with Crippen molar-refractivity contribution in [2.24, 2.45) is 7.05 Å². The molecule has 0 amide bonds. The highest BCUT2D eigenvalue weighted by Gasteiger charge is 2.32. The Morgan fingerprint density at radius 2 is 1.87 bits per heavy atom. The molecule has 4 rings (SSSR count). The highest BCUT2D eigenvalue weighted by atomic mass is 32.2. The Hall–Kier alpha value is -3.41. The number of aromatic nitrogens is 5. The van der Waals surface area contributed by atoms with Crippen LogP contribution in [0, 0.1) is 6.92 Å². The van der Waals surface area contributed by atoms with E-state index in [1.165, 1.54) is 13.0 Å². The van der Waals surface area contributed by atoms with Gasteiger partial charge in [-0.25, -0.2) is 18.1 Å². The van der Waals surface area contributed by atoms with Crippen molar-refractivity contribution in [1.82, 2.24) is 24.5 Å². The summed E-state index contributed by atoms with van der Waals surface area (Å²) in [5, 5.41) is 8.54. The van der Waals surface area contributed by atoms with Crippen molar-refractivity contribution in [3.63, 3.8) is 0 Å². The van der Waals surface area contributed by atoms with E-state index in [2.05, 4.69) is 19.9 Å². The standard InChI is InChI=1S/C18H15F3N6O2S/c1-11-6-16(27-10-13(8-24-27)18(19,20)21)22-9-15(11)30(28,29)25-14-5-3-4-12-7-23-26(2)17(12)14/h3-10,25H,1-2H3. The van der Waals surface area contributed by atoms with E-state index in [9.17, 15) is 21.6 Å². The molecule has 1 aromatic carbocycles. The molecule has 3 aromatic heterocycles. The second-order valence-electron chi connectivity index (χ2n) is 6.60. The quantitative estimate of drug-likeness (QED) is 0.530. The van der Waals surface area contributed by atoms with Crippen LogP contribution in [0.25, 0.3) is 16.7 Å². The Labute approximate surface area is 169 Å². The van der Waals surface area contributed by atoms with Crippen molar-refractivity contribution in [2.75, 3.05) is 4.72 Å². The van der Waals surface area contributed by atoms with Crippen LogP contribution in [0.4, 0.5) is 18.9 Å². The molecule has 0 unspecified atom stereocenters. The summed E-state index contributed by atoms with van der Waals surface area (Å²) < 4.78 is 69.2. The number of para-hydroxylation sites is 1. The van der Waals surface area contributed by atoms with Gasteiger partial charge in [0.25, 0.3) is 10.0 Å². The van der Waals surface area contributed by atoms with Crippen molar-refractivity contribution in [2.45, 2.75) is 18.0 Å². The smallest absolute Gasteiger partial charge is 0.277 e. The summed E-state index contributed by atoms with van der Waals surface area (Å²) in [6.07, 6.45) is -0.359. The average molecular weight is 436 g/mol. The first-order chi connectivity index (χ1) is 14.1. The molecule has 0 radical (unpaired) electrons. The Bertz CT molecular complexity index is 1360. The number of sulfonamides is 1. The van der Waals surface area contributed by atoms with Crippen molar-refractivity contribution >= 4 is 26.6 Å². The predicted octanol–water partition coefficient (Wildman–Crippen LogP) is 3.28. The maximum atomic E-state index is 12.9. The van der Waals surface area contributed by atoms with Crippen molar-refractivity contribution in [3.8, 4) is 5.82 Å². The predicted molar refractivity (Wildman–Crippen MR) is 103 cm³/mol. The molecule has 0 aliphatic heterocycles. The lowest BCUT2D eigenvalue weighted by molar-refractivity contribution is -0.137. The molecule has 156 valence electrons. The second-order valence-corrected chi connectivity index (χ2v) is 8.25. The number of alkyl halides is 3. The highest BCUT2D eigenvalue weighted by Crippen LogP contribution is 2.30. The summed E-state index contributed by atoms with van der Waals surface area (Å²) in [5.41, 5.74) is 0.329. The summed E-state index contributed by atoms with van der Waals surface area (Å²) in [6, 6.07) is 6.47. The number of pyridine rings is 1. The van der Waals surface area contributed by atoms with Crippen LogP contribution in [-0.4, -0.2) is 33.0 Å². The van der Waals surface area contributed by atoms with E-state index in [-0.39, 0.29) is 10.7 Å². The number of nitrogens with one attached hydrogen (secondary N) is 1. The first-order valence-electron chi connectivity index (χ1n) is 8.59. The zero-order valence-corrected chi connectivity index (χ0v) is 16.5. The monoisotopic (exact) mass is 436 g/mol. The zero-order chi connectivity index (χ0) is 21.7. The molecule has 30 heavy (non-hydrogen) atoms. The number of halogens is 3. The van der Waals surface area contributed by atoms with Gasteiger partial charge in [0.15, 0.2) is 5.82 Å². The van der Waals surface area contributed by atoms with Crippen molar-refractivity contribution < 1.29 is 21.6 Å². The van der Waals surface area contributed by atoms with Crippen molar-refractivity contribution in [1.29, 1.82) is 0 Å². The molecule has 3 heterocycles. The molecule has 12 heteroatoms. The number of aryl methyl sites for hydroxylation is 2. The molecule has 1 N–H and O–H groups in total. The van der Waals surface area contributed by atoms with Gasteiger partial charge in [0.2, 0.25) is 0 Å². The summed E-state index contributed by atoms with van der Waals surface area (Å²) >= 11 is 0. The molecule has 0 saturated carbocycles. The van der Waals surface area contributed by atoms with Gasteiger partial charge >= 0.3 is 6.18 Å². The molecule has 0 aliphatic carbocycles. The van der Waals surface area contributed by atoms with E-state index in [1.807, 2.05) is 0 Å². The van der Waals surface area contributed by atoms with Crippen LogP contribution in [0.3, 0.4) is 0 Å². The minimum atomic E-state index is -4.53. The molecular formula is C18H15F3N6O2S. The van der Waals surface area contributed by atoms with Crippen LogP contribution in [-0.2, 0) is 23.2 Å². The van der Waals surface area contributed by atoms with Gasteiger partial charge in [-0.15, -0.1) is 0 Å². The van der Waals surface area contributed by atoms with E-state index in [4.69, 9.17) is 0 Å². The first kappa shape index (κ1) is 19.9. The number of anilines is 1. The van der Waals surface area contributed by atoms with Gasteiger partial charge in [-0.3, -0.25) is 9.40 Å². The van der Waals surface area contributed by atoms with Crippen LogP contribution in [0.5, 0.6) is 0 Å². The number of fused-ring (bicyclic) bond motifs is 1. The van der Waals surface area contributed by atoms with Gasteiger partial charge in [0, 0.05) is 18.6 Å². The van der Waals surface area contributed by atoms with Gasteiger partial charge in [-0.2, -0.15) is 23.4 Å². The first-order valence-corrected chi connectivity index (χ1v) is 10.1. The summed E-state index contributed by atoms with van der Waals surface area (Å²) in [7, 11) is -2.31. The Kier molecular flexibility index (Phi) is 4.53. The van der Waals surface area contributed by atoms with E-state index >= 15 is 0 Å². The Morgan fingerprint density at radius 1 is 1.10 bits per heavy atom. The third-order valence-electron chi connectivity index (χ3n) is 4.49. The minimum Gasteiger partial charge on any atom is -0.277 e. The molecule has 0 saturated heterocycles. The normalized spacial score (nSPS) is 12.4. The van der Waals surface area contributed by atoms with Crippen LogP contribution < -0.4 is 4.72 Å². The van der Waals surface area contributed by atoms with Gasteiger partial charge < -0.3 is 0 Å². The van der Waals surface area contributed by atoms with Crippen LogP contribution in [0.1, 0.15) is 11.1 Å². The molecule has 0 atom stereocenters. The molecule has 0 spiro atoms. The lowest BCUT2D eigenvalue weighted by Crippen LogP contribution is -2.16. The third kappa shape index (κ3) is 3.49. The fourth-order valence-electron chi connectivity index (χ4n) is 3.05. The van der Waals surface area contributed by atoms with E-state index < -0.39 is 21.8 Å². The van der Waals surface area contributed by atoms with Gasteiger partial charge in [-0.1, -0.05) is 12.1 Å².